The first-order chi connectivity index (χ1) is 17.9. The fraction of sp³-hybridized carbons (Fsp3) is 0.179. The molecule has 0 radical (unpaired) electrons. The maximum Gasteiger partial charge on any atom is 0.291 e. The van der Waals surface area contributed by atoms with Crippen molar-refractivity contribution in [2.75, 3.05) is 18.1 Å². The van der Waals surface area contributed by atoms with E-state index in [1.165, 1.54) is 17.0 Å². The predicted molar refractivity (Wildman–Crippen MR) is 140 cm³/mol. The van der Waals surface area contributed by atoms with Crippen molar-refractivity contribution in [2.24, 2.45) is 0 Å². The third kappa shape index (κ3) is 3.28. The summed E-state index contributed by atoms with van der Waals surface area (Å²) in [4.78, 5) is 45.3. The fourth-order valence-electron chi connectivity index (χ4n) is 5.45. The topological polar surface area (TPSA) is 91.1 Å². The van der Waals surface area contributed by atoms with E-state index in [1.54, 1.807) is 47.4 Å². The molecule has 4 aromatic rings. The molecule has 0 fully saturated rings. The maximum atomic E-state index is 14.6. The van der Waals surface area contributed by atoms with Crippen molar-refractivity contribution in [2.45, 2.75) is 18.5 Å². The number of hydrogen-bond donors (Lipinski definition) is 1. The summed E-state index contributed by atoms with van der Waals surface area (Å²) in [6.45, 7) is -0.0240. The van der Waals surface area contributed by atoms with Crippen molar-refractivity contribution in [3.05, 3.63) is 109 Å². The normalized spacial score (nSPS) is 18.2. The highest BCUT2D eigenvalue weighted by Crippen LogP contribution is 2.53. The van der Waals surface area contributed by atoms with Crippen LogP contribution in [0.5, 0.6) is 0 Å². The predicted octanol–water partition coefficient (Wildman–Crippen LogP) is 4.73. The first-order valence-electron chi connectivity index (χ1n) is 11.7. The highest BCUT2D eigenvalue weighted by molar-refractivity contribution is 6.31. The van der Waals surface area contributed by atoms with Gasteiger partial charge in [0.1, 0.15) is 5.58 Å². The van der Waals surface area contributed by atoms with Gasteiger partial charge in [0, 0.05) is 28.8 Å². The van der Waals surface area contributed by atoms with Crippen LogP contribution in [-0.2, 0) is 16.9 Å². The Hall–Kier alpha value is -3.65. The van der Waals surface area contributed by atoms with E-state index in [9.17, 15) is 19.5 Å². The van der Waals surface area contributed by atoms with Crippen LogP contribution < -0.4 is 10.3 Å². The number of aliphatic hydroxyl groups is 1. The molecule has 0 saturated carbocycles. The Morgan fingerprint density at radius 1 is 0.946 bits per heavy atom. The minimum absolute atomic E-state index is 0.0377. The van der Waals surface area contributed by atoms with Gasteiger partial charge in [0.05, 0.1) is 23.2 Å². The smallest absolute Gasteiger partial charge is 0.291 e. The molecule has 3 heterocycles. The maximum absolute atomic E-state index is 14.6. The van der Waals surface area contributed by atoms with Gasteiger partial charge in [0.2, 0.25) is 5.76 Å². The number of para-hydroxylation sites is 1. The number of nitrogens with zero attached hydrogens (tertiary/aromatic N) is 2. The van der Waals surface area contributed by atoms with Gasteiger partial charge in [-0.05, 0) is 42.3 Å². The number of halogens is 2. The fourth-order valence-corrected chi connectivity index (χ4v) is 5.81. The Labute approximate surface area is 221 Å². The third-order valence-corrected chi connectivity index (χ3v) is 7.63. The summed E-state index contributed by atoms with van der Waals surface area (Å²) < 4.78 is 5.98. The molecule has 9 heteroatoms. The summed E-state index contributed by atoms with van der Waals surface area (Å²) in [5.74, 6) is -1.23. The molecule has 6 rings (SSSR count). The summed E-state index contributed by atoms with van der Waals surface area (Å²) in [6.07, 6.45) is 0.209. The Morgan fingerprint density at radius 3 is 2.49 bits per heavy atom. The quantitative estimate of drug-likeness (QED) is 0.399. The second-order valence-corrected chi connectivity index (χ2v) is 9.86. The van der Waals surface area contributed by atoms with Crippen LogP contribution in [0.15, 0.2) is 75.9 Å². The number of aliphatic hydroxyl groups excluding tert-OH is 1. The highest BCUT2D eigenvalue weighted by Gasteiger charge is 2.64. The number of anilines is 1. The van der Waals surface area contributed by atoms with E-state index in [-0.39, 0.29) is 48.4 Å². The molecule has 37 heavy (non-hydrogen) atoms. The molecule has 1 N–H and O–H groups in total. The molecular formula is C28H20Cl2N2O5. The lowest BCUT2D eigenvalue weighted by Crippen LogP contribution is -2.53. The van der Waals surface area contributed by atoms with Crippen LogP contribution in [0.4, 0.5) is 5.69 Å². The van der Waals surface area contributed by atoms with Gasteiger partial charge < -0.3 is 19.3 Å². The van der Waals surface area contributed by atoms with Crippen molar-refractivity contribution in [1.82, 2.24) is 4.90 Å². The van der Waals surface area contributed by atoms with Crippen LogP contribution in [0, 0.1) is 0 Å². The molecular weight excluding hydrogens is 515 g/mol. The van der Waals surface area contributed by atoms with E-state index >= 15 is 0 Å². The van der Waals surface area contributed by atoms with Crippen molar-refractivity contribution in [3.63, 3.8) is 0 Å². The molecule has 1 spiro atoms. The Kier molecular flexibility index (Phi) is 5.60. The Morgan fingerprint density at radius 2 is 1.70 bits per heavy atom. The molecule has 1 atom stereocenters. The Bertz CT molecular complexity index is 1670. The molecule has 2 amide bonds. The molecule has 2 aliphatic rings. The zero-order chi connectivity index (χ0) is 25.9. The van der Waals surface area contributed by atoms with E-state index in [0.29, 0.717) is 26.9 Å². The first-order valence-corrected chi connectivity index (χ1v) is 12.5. The van der Waals surface area contributed by atoms with E-state index in [4.69, 9.17) is 27.6 Å². The molecule has 3 aromatic carbocycles. The molecule has 2 aliphatic heterocycles. The van der Waals surface area contributed by atoms with Crippen LogP contribution in [0.1, 0.15) is 33.7 Å². The van der Waals surface area contributed by atoms with Gasteiger partial charge in [-0.1, -0.05) is 59.6 Å². The van der Waals surface area contributed by atoms with E-state index in [1.807, 2.05) is 12.1 Å². The number of fused-ring (bicyclic) bond motifs is 5. The zero-order valence-electron chi connectivity index (χ0n) is 19.4. The van der Waals surface area contributed by atoms with Crippen LogP contribution in [-0.4, -0.2) is 35.0 Å². The number of benzene rings is 3. The first kappa shape index (κ1) is 23.7. The zero-order valence-corrected chi connectivity index (χ0v) is 20.9. The summed E-state index contributed by atoms with van der Waals surface area (Å²) in [7, 11) is 0. The van der Waals surface area contributed by atoms with Gasteiger partial charge in [-0.25, -0.2) is 0 Å². The van der Waals surface area contributed by atoms with Crippen LogP contribution in [0.2, 0.25) is 10.0 Å². The molecule has 7 nitrogen and oxygen atoms in total. The van der Waals surface area contributed by atoms with Crippen molar-refractivity contribution in [3.8, 4) is 0 Å². The SMILES string of the molecule is O=C1c2oc3ccc(Cl)cc3c(=O)c2C2(C(=O)N(Cc3ccccc3Cl)c3ccccc32)N1CCCO. The highest BCUT2D eigenvalue weighted by atomic mass is 35.5. The summed E-state index contributed by atoms with van der Waals surface area (Å²) >= 11 is 12.6. The monoisotopic (exact) mass is 534 g/mol. The van der Waals surface area contributed by atoms with Gasteiger partial charge in [-0.15, -0.1) is 0 Å². The number of hydrogen-bond acceptors (Lipinski definition) is 5. The lowest BCUT2D eigenvalue weighted by molar-refractivity contribution is -0.126. The van der Waals surface area contributed by atoms with Gasteiger partial charge >= 0.3 is 0 Å². The van der Waals surface area contributed by atoms with Gasteiger partial charge in [0.15, 0.2) is 11.0 Å². The number of amides is 2. The average Bonchev–Trinajstić information content (AvgIpc) is 3.29. The molecule has 1 unspecified atom stereocenters. The van der Waals surface area contributed by atoms with E-state index in [2.05, 4.69) is 0 Å². The molecule has 1 aromatic heterocycles. The van der Waals surface area contributed by atoms with Crippen molar-refractivity contribution >= 4 is 51.7 Å². The standard InChI is InChI=1S/C28H20Cl2N2O5/c29-17-10-11-22-18(14-17)24(34)23-25(37-22)26(35)32(12-5-13-33)28(23)19-7-2-4-9-21(19)31(27(28)36)15-16-6-1-3-8-20(16)30/h1-4,6-11,14,33H,5,12-13,15H2. The molecule has 0 aliphatic carbocycles. The molecule has 0 bridgehead atoms. The lowest BCUT2D eigenvalue weighted by Gasteiger charge is -2.34. The minimum Gasteiger partial charge on any atom is -0.450 e. The largest absolute Gasteiger partial charge is 0.450 e. The van der Waals surface area contributed by atoms with E-state index < -0.39 is 22.8 Å². The van der Waals surface area contributed by atoms with Crippen molar-refractivity contribution in [1.29, 1.82) is 0 Å². The lowest BCUT2D eigenvalue weighted by atomic mass is 9.84. The number of rotatable bonds is 5. The Balaban J connectivity index is 1.66. The van der Waals surface area contributed by atoms with Gasteiger partial charge in [-0.2, -0.15) is 0 Å². The number of carbonyl (C=O) groups excluding carboxylic acids is 2. The summed E-state index contributed by atoms with van der Waals surface area (Å²) in [5, 5.41) is 10.6. The van der Waals surface area contributed by atoms with Crippen LogP contribution in [0.25, 0.3) is 11.0 Å². The van der Waals surface area contributed by atoms with Gasteiger partial charge in [0.25, 0.3) is 11.8 Å². The third-order valence-electron chi connectivity index (χ3n) is 7.02. The molecule has 186 valence electrons. The van der Waals surface area contributed by atoms with Crippen molar-refractivity contribution < 1.29 is 19.1 Å². The summed E-state index contributed by atoms with van der Waals surface area (Å²) in [5.41, 5.74) is -0.319. The van der Waals surface area contributed by atoms with Gasteiger partial charge in [-0.3, -0.25) is 14.4 Å². The minimum atomic E-state index is -1.75. The average molecular weight is 535 g/mol. The van der Waals surface area contributed by atoms with E-state index in [0.717, 1.165) is 0 Å². The van der Waals surface area contributed by atoms with Crippen LogP contribution in [0.3, 0.4) is 0 Å². The summed E-state index contributed by atoms with van der Waals surface area (Å²) in [6, 6.07) is 18.9. The second-order valence-electron chi connectivity index (χ2n) is 9.02. The second kappa shape index (κ2) is 8.73. The van der Waals surface area contributed by atoms with Crippen LogP contribution >= 0.6 is 23.2 Å². The molecule has 0 saturated heterocycles. The number of carbonyl (C=O) groups is 2.